The summed E-state index contributed by atoms with van der Waals surface area (Å²) in [5, 5.41) is -1.75. The van der Waals surface area contributed by atoms with E-state index in [1.54, 1.807) is 0 Å². The summed E-state index contributed by atoms with van der Waals surface area (Å²) >= 11 is 0. The third-order valence-corrected chi connectivity index (χ3v) is 2.37. The first kappa shape index (κ1) is 8.41. The van der Waals surface area contributed by atoms with Crippen LogP contribution in [-0.4, -0.2) is 30.5 Å². The molecule has 0 aromatic rings. The van der Waals surface area contributed by atoms with Gasteiger partial charge in [-0.1, -0.05) is 0 Å². The first-order valence-electron chi connectivity index (χ1n) is 2.72. The molecule has 11 heavy (non-hydrogen) atoms. The average Bonchev–Trinajstić information content (AvgIpc) is 2.08. The average molecular weight is 184 g/mol. The van der Waals surface area contributed by atoms with E-state index >= 15 is 0 Å². The smallest absolute Gasteiger partial charge is 0.329 e. The molecule has 0 saturated carbocycles. The van der Waals surface area contributed by atoms with Gasteiger partial charge in [-0.15, -0.1) is 0 Å². The van der Waals surface area contributed by atoms with Crippen LogP contribution in [0.3, 0.4) is 0 Å². The van der Waals surface area contributed by atoms with Gasteiger partial charge in [0, 0.05) is 6.42 Å². The van der Waals surface area contributed by atoms with Gasteiger partial charge in [-0.2, -0.15) is 8.42 Å². The van der Waals surface area contributed by atoms with Crippen molar-refractivity contribution in [2.24, 2.45) is 0 Å². The summed E-state index contributed by atoms with van der Waals surface area (Å²) in [6.07, 6.45) is -2.55. The van der Waals surface area contributed by atoms with Crippen LogP contribution >= 0.6 is 0 Å². The number of rotatable bonds is 1. The number of alkyl halides is 1. The van der Waals surface area contributed by atoms with Crippen LogP contribution in [0.2, 0.25) is 0 Å². The summed E-state index contributed by atoms with van der Waals surface area (Å²) in [6.45, 7) is 0. The number of cyclic esters (lactones) is 1. The van der Waals surface area contributed by atoms with Crippen LogP contribution < -0.4 is 0 Å². The van der Waals surface area contributed by atoms with E-state index in [4.69, 9.17) is 4.55 Å². The Kier molecular flexibility index (Phi) is 1.85. The maximum absolute atomic E-state index is 12.1. The van der Waals surface area contributed by atoms with Gasteiger partial charge in [0.05, 0.1) is 0 Å². The summed E-state index contributed by atoms with van der Waals surface area (Å²) in [4.78, 5) is 10.4. The molecule has 7 heteroatoms. The minimum absolute atomic E-state index is 0.627. The third kappa shape index (κ3) is 1.66. The zero-order valence-corrected chi connectivity index (χ0v) is 6.04. The van der Waals surface area contributed by atoms with Gasteiger partial charge in [0.1, 0.15) is 0 Å². The number of ether oxygens (including phenoxy) is 1. The van der Waals surface area contributed by atoms with Gasteiger partial charge in [0.25, 0.3) is 10.1 Å². The molecule has 0 aromatic carbocycles. The van der Waals surface area contributed by atoms with Crippen LogP contribution in [0.4, 0.5) is 4.39 Å². The first-order valence-corrected chi connectivity index (χ1v) is 4.22. The summed E-state index contributed by atoms with van der Waals surface area (Å²) in [7, 11) is -4.50. The van der Waals surface area contributed by atoms with Crippen molar-refractivity contribution in [2.45, 2.75) is 18.0 Å². The molecule has 2 atom stereocenters. The Balaban J connectivity index is 2.85. The third-order valence-electron chi connectivity index (χ3n) is 1.27. The molecule has 1 saturated heterocycles. The molecule has 1 rings (SSSR count). The Labute approximate surface area is 61.9 Å². The lowest BCUT2D eigenvalue weighted by molar-refractivity contribution is -0.146. The van der Waals surface area contributed by atoms with Gasteiger partial charge in [0.2, 0.25) is 6.36 Å². The number of hydrogen-bond acceptors (Lipinski definition) is 4. The van der Waals surface area contributed by atoms with Crippen LogP contribution in [-0.2, 0) is 19.6 Å². The molecule has 0 aromatic heterocycles. The first-order chi connectivity index (χ1) is 4.91. The van der Waals surface area contributed by atoms with E-state index in [0.29, 0.717) is 0 Å². The molecule has 0 amide bonds. The number of esters is 1. The van der Waals surface area contributed by atoms with E-state index in [9.17, 15) is 17.6 Å². The molecule has 0 radical (unpaired) electrons. The zero-order chi connectivity index (χ0) is 8.65. The standard InChI is InChI=1S/C4H5FO5S/c5-3-1-2(4(6)10-3)11(7,8)9/h2-3H,1H2,(H,7,8,9). The van der Waals surface area contributed by atoms with Gasteiger partial charge in [-0.3, -0.25) is 9.35 Å². The number of hydrogen-bond donors (Lipinski definition) is 1. The molecule has 2 unspecified atom stereocenters. The van der Waals surface area contributed by atoms with Crippen molar-refractivity contribution < 1.29 is 26.9 Å². The highest BCUT2D eigenvalue weighted by Crippen LogP contribution is 2.20. The van der Waals surface area contributed by atoms with E-state index in [1.807, 2.05) is 0 Å². The Morgan fingerprint density at radius 1 is 1.64 bits per heavy atom. The molecule has 0 bridgehead atoms. The molecule has 0 aliphatic carbocycles. The van der Waals surface area contributed by atoms with Crippen LogP contribution in [0.5, 0.6) is 0 Å². The van der Waals surface area contributed by atoms with Crippen molar-refractivity contribution in [2.75, 3.05) is 0 Å². The number of carbonyl (C=O) groups excluding carboxylic acids is 1. The van der Waals surface area contributed by atoms with Crippen molar-refractivity contribution in [3.8, 4) is 0 Å². The van der Waals surface area contributed by atoms with Gasteiger partial charge in [-0.25, -0.2) is 4.39 Å². The molecule has 1 fully saturated rings. The monoisotopic (exact) mass is 184 g/mol. The van der Waals surface area contributed by atoms with Gasteiger partial charge >= 0.3 is 5.97 Å². The van der Waals surface area contributed by atoms with Crippen LogP contribution in [0.1, 0.15) is 6.42 Å². The summed E-state index contributed by atoms with van der Waals surface area (Å²) in [5.74, 6) is -1.24. The minimum atomic E-state index is -4.50. The van der Waals surface area contributed by atoms with Crippen LogP contribution in [0.25, 0.3) is 0 Å². The number of carbonyl (C=O) groups is 1. The van der Waals surface area contributed by atoms with Crippen molar-refractivity contribution in [1.29, 1.82) is 0 Å². The molecule has 1 N–H and O–H groups in total. The van der Waals surface area contributed by atoms with Crippen LogP contribution in [0, 0.1) is 0 Å². The Morgan fingerprint density at radius 3 is 2.36 bits per heavy atom. The topological polar surface area (TPSA) is 80.7 Å². The highest BCUT2D eigenvalue weighted by atomic mass is 32.2. The molecule has 1 heterocycles. The maximum Gasteiger partial charge on any atom is 0.329 e. The SMILES string of the molecule is O=C1OC(F)CC1S(=O)(=O)O. The van der Waals surface area contributed by atoms with Crippen molar-refractivity contribution >= 4 is 16.1 Å². The van der Waals surface area contributed by atoms with E-state index in [1.165, 1.54) is 0 Å². The molecular formula is C4H5FO5S. The fraction of sp³-hybridized carbons (Fsp3) is 0.750. The predicted molar refractivity (Wildman–Crippen MR) is 30.9 cm³/mol. The Hall–Kier alpha value is -0.690. The highest BCUT2D eigenvalue weighted by Gasteiger charge is 2.42. The summed E-state index contributed by atoms with van der Waals surface area (Å²) in [5.41, 5.74) is 0. The molecule has 64 valence electrons. The quantitative estimate of drug-likeness (QED) is 0.438. The Bertz CT molecular complexity index is 270. The zero-order valence-electron chi connectivity index (χ0n) is 5.23. The van der Waals surface area contributed by atoms with E-state index < -0.39 is 34.1 Å². The lowest BCUT2D eigenvalue weighted by atomic mass is 10.3. The molecule has 1 aliphatic rings. The van der Waals surface area contributed by atoms with E-state index in [-0.39, 0.29) is 0 Å². The van der Waals surface area contributed by atoms with Gasteiger partial charge < -0.3 is 4.74 Å². The minimum Gasteiger partial charge on any atom is -0.430 e. The molecule has 0 spiro atoms. The maximum atomic E-state index is 12.1. The van der Waals surface area contributed by atoms with Crippen molar-refractivity contribution in [3.63, 3.8) is 0 Å². The van der Waals surface area contributed by atoms with E-state index in [2.05, 4.69) is 4.74 Å². The molecular weight excluding hydrogens is 179 g/mol. The highest BCUT2D eigenvalue weighted by molar-refractivity contribution is 7.87. The fourth-order valence-corrected chi connectivity index (χ4v) is 1.45. The summed E-state index contributed by atoms with van der Waals surface area (Å²) in [6, 6.07) is 0. The predicted octanol–water partition coefficient (Wildman–Crippen LogP) is -0.515. The second kappa shape index (κ2) is 2.42. The Morgan fingerprint density at radius 2 is 2.18 bits per heavy atom. The second-order valence-corrected chi connectivity index (χ2v) is 3.69. The van der Waals surface area contributed by atoms with Gasteiger partial charge in [0.15, 0.2) is 5.25 Å². The normalized spacial score (nSPS) is 32.0. The lowest BCUT2D eigenvalue weighted by Crippen LogP contribution is -2.24. The summed E-state index contributed by atoms with van der Waals surface area (Å²) < 4.78 is 44.9. The van der Waals surface area contributed by atoms with Gasteiger partial charge in [-0.05, 0) is 0 Å². The van der Waals surface area contributed by atoms with Crippen molar-refractivity contribution in [1.82, 2.24) is 0 Å². The molecule has 1 aliphatic heterocycles. The largest absolute Gasteiger partial charge is 0.430 e. The van der Waals surface area contributed by atoms with Crippen molar-refractivity contribution in [3.05, 3.63) is 0 Å². The molecule has 5 nitrogen and oxygen atoms in total. The lowest BCUT2D eigenvalue weighted by Gasteiger charge is -1.97. The van der Waals surface area contributed by atoms with Crippen LogP contribution in [0.15, 0.2) is 0 Å². The van der Waals surface area contributed by atoms with E-state index in [0.717, 1.165) is 0 Å². The number of halogens is 1. The second-order valence-electron chi connectivity index (χ2n) is 2.09. The fourth-order valence-electron chi connectivity index (χ4n) is 0.758.